The quantitative estimate of drug-likeness (QED) is 0.613. The Morgan fingerprint density at radius 2 is 1.84 bits per heavy atom. The number of ether oxygens (including phenoxy) is 2. The molecule has 1 heterocycles. The highest BCUT2D eigenvalue weighted by atomic mass is 35.5. The molecule has 0 aromatic heterocycles. The number of hydrogen-bond donors (Lipinski definition) is 1. The minimum absolute atomic E-state index is 0.0193. The van der Waals surface area contributed by atoms with Gasteiger partial charge in [-0.25, -0.2) is 12.8 Å². The number of morpholine rings is 1. The van der Waals surface area contributed by atoms with E-state index in [0.717, 1.165) is 12.1 Å². The fourth-order valence-electron chi connectivity index (χ4n) is 2.95. The third-order valence-electron chi connectivity index (χ3n) is 4.42. The second-order valence-corrected chi connectivity index (χ2v) is 9.79. The van der Waals surface area contributed by atoms with Gasteiger partial charge in [0.25, 0.3) is 5.91 Å². The molecule has 0 atom stereocenters. The molecular formula is C20H21Cl2FN2O5S. The summed E-state index contributed by atoms with van der Waals surface area (Å²) in [5.74, 6) is -1.29. The van der Waals surface area contributed by atoms with Crippen LogP contribution in [0.25, 0.3) is 0 Å². The van der Waals surface area contributed by atoms with Crippen LogP contribution in [-0.2, 0) is 14.8 Å². The smallest absolute Gasteiger partial charge is 0.257 e. The zero-order chi connectivity index (χ0) is 22.8. The van der Waals surface area contributed by atoms with Crippen LogP contribution in [0.2, 0.25) is 10.0 Å². The predicted octanol–water partition coefficient (Wildman–Crippen LogP) is 4.19. The number of amides is 1. The summed E-state index contributed by atoms with van der Waals surface area (Å²) < 4.78 is 52.1. The van der Waals surface area contributed by atoms with E-state index in [1.165, 1.54) is 22.5 Å². The molecule has 1 saturated heterocycles. The Balaban J connectivity index is 1.98. The van der Waals surface area contributed by atoms with Crippen molar-refractivity contribution in [2.75, 3.05) is 31.6 Å². The van der Waals surface area contributed by atoms with E-state index < -0.39 is 21.7 Å². The largest absolute Gasteiger partial charge is 0.489 e. The number of nitrogens with zero attached hydrogens (tertiary/aromatic N) is 1. The summed E-state index contributed by atoms with van der Waals surface area (Å²) >= 11 is 11.7. The molecule has 2 aromatic rings. The second kappa shape index (κ2) is 9.70. The van der Waals surface area contributed by atoms with Gasteiger partial charge in [0.15, 0.2) is 0 Å². The number of carbonyl (C=O) groups is 1. The van der Waals surface area contributed by atoms with E-state index in [9.17, 15) is 17.6 Å². The van der Waals surface area contributed by atoms with Crippen molar-refractivity contribution in [3.05, 3.63) is 51.8 Å². The molecule has 0 radical (unpaired) electrons. The van der Waals surface area contributed by atoms with Crippen molar-refractivity contribution in [1.82, 2.24) is 4.31 Å². The van der Waals surface area contributed by atoms with Gasteiger partial charge in [-0.3, -0.25) is 4.79 Å². The van der Waals surface area contributed by atoms with Gasteiger partial charge < -0.3 is 14.8 Å². The number of nitrogens with one attached hydrogen (secondary N) is 1. The number of sulfonamides is 1. The highest BCUT2D eigenvalue weighted by molar-refractivity contribution is 7.89. The standard InChI is InChI=1S/C20H21Cl2FN2O5S/c1-12(2)30-19-4-3-13(31(27,28)25-5-7-29-8-6-25)9-18(19)24-20(26)14-10-17(23)16(22)11-15(14)21/h3-4,9-12H,5-8H2,1-2H3,(H,24,26). The van der Waals surface area contributed by atoms with Crippen LogP contribution in [0.4, 0.5) is 10.1 Å². The summed E-state index contributed by atoms with van der Waals surface area (Å²) in [6, 6.07) is 6.22. The van der Waals surface area contributed by atoms with Crippen LogP contribution in [0, 0.1) is 5.82 Å². The SMILES string of the molecule is CC(C)Oc1ccc(S(=O)(=O)N2CCOCC2)cc1NC(=O)c1cc(F)c(Cl)cc1Cl. The molecule has 1 N–H and O–H groups in total. The summed E-state index contributed by atoms with van der Waals surface area (Å²) in [7, 11) is -3.81. The van der Waals surface area contributed by atoms with Crippen molar-refractivity contribution < 1.29 is 27.1 Å². The molecule has 11 heteroatoms. The minimum atomic E-state index is -3.81. The van der Waals surface area contributed by atoms with Crippen molar-refractivity contribution in [3.63, 3.8) is 0 Å². The molecule has 1 aliphatic heterocycles. The summed E-state index contributed by atoms with van der Waals surface area (Å²) in [6.45, 7) is 4.64. The third kappa shape index (κ3) is 5.48. The van der Waals surface area contributed by atoms with Gasteiger partial charge in [0.2, 0.25) is 10.0 Å². The zero-order valence-corrected chi connectivity index (χ0v) is 19.2. The molecule has 168 valence electrons. The molecular weight excluding hydrogens is 470 g/mol. The number of benzene rings is 2. The molecule has 1 amide bonds. The van der Waals surface area contributed by atoms with Crippen LogP contribution < -0.4 is 10.1 Å². The molecule has 0 aliphatic carbocycles. The van der Waals surface area contributed by atoms with E-state index >= 15 is 0 Å². The molecule has 3 rings (SSSR count). The van der Waals surface area contributed by atoms with Crippen molar-refractivity contribution in [2.24, 2.45) is 0 Å². The van der Waals surface area contributed by atoms with Gasteiger partial charge in [-0.2, -0.15) is 4.31 Å². The first kappa shape index (κ1) is 23.7. The van der Waals surface area contributed by atoms with Crippen molar-refractivity contribution in [1.29, 1.82) is 0 Å². The average molecular weight is 491 g/mol. The van der Waals surface area contributed by atoms with Crippen LogP contribution in [0.15, 0.2) is 35.2 Å². The number of anilines is 1. The summed E-state index contributed by atoms with van der Waals surface area (Å²) in [5, 5.41) is 2.30. The van der Waals surface area contributed by atoms with E-state index in [1.54, 1.807) is 13.8 Å². The average Bonchev–Trinajstić information content (AvgIpc) is 2.72. The topological polar surface area (TPSA) is 84.9 Å². The van der Waals surface area contributed by atoms with E-state index in [1.807, 2.05) is 0 Å². The normalized spacial score (nSPS) is 15.2. The molecule has 0 unspecified atom stereocenters. The lowest BCUT2D eigenvalue weighted by atomic mass is 10.2. The summed E-state index contributed by atoms with van der Waals surface area (Å²) in [6.07, 6.45) is -0.242. The lowest BCUT2D eigenvalue weighted by Crippen LogP contribution is -2.40. The van der Waals surface area contributed by atoms with Gasteiger partial charge in [0.05, 0.1) is 45.5 Å². The molecule has 0 spiro atoms. The molecule has 2 aromatic carbocycles. The summed E-state index contributed by atoms with van der Waals surface area (Å²) in [5.41, 5.74) is -0.0417. The molecule has 1 fully saturated rings. The first-order valence-electron chi connectivity index (χ1n) is 9.44. The van der Waals surface area contributed by atoms with Crippen LogP contribution in [0.1, 0.15) is 24.2 Å². The van der Waals surface area contributed by atoms with Gasteiger partial charge in [0.1, 0.15) is 11.6 Å². The number of halogens is 3. The van der Waals surface area contributed by atoms with Crippen LogP contribution in [0.3, 0.4) is 0 Å². The van der Waals surface area contributed by atoms with E-state index in [2.05, 4.69) is 5.32 Å². The highest BCUT2D eigenvalue weighted by Gasteiger charge is 2.28. The van der Waals surface area contributed by atoms with Gasteiger partial charge in [-0.05, 0) is 44.2 Å². The van der Waals surface area contributed by atoms with Gasteiger partial charge >= 0.3 is 0 Å². The maximum Gasteiger partial charge on any atom is 0.257 e. The molecule has 7 nitrogen and oxygen atoms in total. The Morgan fingerprint density at radius 3 is 2.48 bits per heavy atom. The molecule has 0 saturated carbocycles. The Bertz CT molecular complexity index is 1090. The van der Waals surface area contributed by atoms with Crippen LogP contribution in [-0.4, -0.2) is 51.0 Å². The maximum absolute atomic E-state index is 13.8. The fraction of sp³-hybridized carbons (Fsp3) is 0.350. The minimum Gasteiger partial charge on any atom is -0.489 e. The Hall–Kier alpha value is -1.91. The lowest BCUT2D eigenvalue weighted by Gasteiger charge is -2.26. The highest BCUT2D eigenvalue weighted by Crippen LogP contribution is 2.32. The predicted molar refractivity (Wildman–Crippen MR) is 116 cm³/mol. The van der Waals surface area contributed by atoms with Gasteiger partial charge in [-0.15, -0.1) is 0 Å². The van der Waals surface area contributed by atoms with Crippen molar-refractivity contribution in [2.45, 2.75) is 24.8 Å². The monoisotopic (exact) mass is 490 g/mol. The van der Waals surface area contributed by atoms with E-state index in [4.69, 9.17) is 32.7 Å². The lowest BCUT2D eigenvalue weighted by molar-refractivity contribution is 0.0730. The molecule has 1 aliphatic rings. The first-order chi connectivity index (χ1) is 14.6. The molecule has 31 heavy (non-hydrogen) atoms. The Kier molecular flexibility index (Phi) is 7.43. The molecule has 0 bridgehead atoms. The van der Waals surface area contributed by atoms with Crippen molar-refractivity contribution >= 4 is 44.8 Å². The van der Waals surface area contributed by atoms with E-state index in [-0.39, 0.29) is 51.1 Å². The van der Waals surface area contributed by atoms with Crippen molar-refractivity contribution in [3.8, 4) is 5.75 Å². The Labute approximate surface area is 190 Å². The third-order valence-corrected chi connectivity index (χ3v) is 6.92. The van der Waals surface area contributed by atoms with Crippen LogP contribution >= 0.6 is 23.2 Å². The van der Waals surface area contributed by atoms with Gasteiger partial charge in [-0.1, -0.05) is 23.2 Å². The number of rotatable bonds is 6. The zero-order valence-electron chi connectivity index (χ0n) is 16.8. The van der Waals surface area contributed by atoms with Gasteiger partial charge in [0, 0.05) is 13.1 Å². The first-order valence-corrected chi connectivity index (χ1v) is 11.6. The fourth-order valence-corrected chi connectivity index (χ4v) is 4.85. The maximum atomic E-state index is 13.8. The number of carbonyl (C=O) groups excluding carboxylic acids is 1. The van der Waals surface area contributed by atoms with E-state index in [0.29, 0.717) is 13.2 Å². The Morgan fingerprint density at radius 1 is 1.16 bits per heavy atom. The number of hydrogen-bond acceptors (Lipinski definition) is 5. The second-order valence-electron chi connectivity index (χ2n) is 7.04. The summed E-state index contributed by atoms with van der Waals surface area (Å²) in [4.78, 5) is 12.7. The van der Waals surface area contributed by atoms with Crippen LogP contribution in [0.5, 0.6) is 5.75 Å².